The van der Waals surface area contributed by atoms with E-state index in [1.54, 1.807) is 23.6 Å². The monoisotopic (exact) mass is 414 g/mol. The number of benzene rings is 2. The van der Waals surface area contributed by atoms with Crippen molar-refractivity contribution in [3.05, 3.63) is 87.6 Å². The summed E-state index contributed by atoms with van der Waals surface area (Å²) in [4.78, 5) is 30.8. The molecule has 0 radical (unpaired) electrons. The van der Waals surface area contributed by atoms with Gasteiger partial charge in [-0.1, -0.05) is 29.8 Å². The largest absolute Gasteiger partial charge is 0.507 e. The van der Waals surface area contributed by atoms with Crippen molar-refractivity contribution in [2.75, 3.05) is 4.90 Å². The van der Waals surface area contributed by atoms with Crippen molar-refractivity contribution in [2.45, 2.75) is 6.04 Å². The molecule has 3 aromatic rings. The number of carbonyl (C=O) groups is 2. The van der Waals surface area contributed by atoms with Crippen molar-refractivity contribution < 1.29 is 19.1 Å². The van der Waals surface area contributed by atoms with Crippen LogP contribution in [0.4, 0.5) is 9.52 Å². The van der Waals surface area contributed by atoms with Crippen molar-refractivity contribution in [3.63, 3.8) is 0 Å². The Bertz CT molecular complexity index is 1100. The van der Waals surface area contributed by atoms with Crippen LogP contribution in [0.15, 0.2) is 65.7 Å². The van der Waals surface area contributed by atoms with Gasteiger partial charge in [0.15, 0.2) is 5.13 Å². The van der Waals surface area contributed by atoms with Crippen molar-refractivity contribution >= 4 is 45.5 Å². The van der Waals surface area contributed by atoms with E-state index in [2.05, 4.69) is 4.98 Å². The molecule has 1 saturated heterocycles. The number of Topliss-reactive ketones (excluding diaryl/α,β-unsaturated/α-hetero) is 1. The normalized spacial score (nSPS) is 18.6. The average Bonchev–Trinajstić information content (AvgIpc) is 3.30. The van der Waals surface area contributed by atoms with Crippen molar-refractivity contribution in [3.8, 4) is 0 Å². The number of thiazole rings is 1. The Labute approximate surface area is 168 Å². The number of halogens is 2. The van der Waals surface area contributed by atoms with Crippen LogP contribution < -0.4 is 4.90 Å². The van der Waals surface area contributed by atoms with Gasteiger partial charge in [-0.2, -0.15) is 0 Å². The van der Waals surface area contributed by atoms with Crippen LogP contribution in [0.5, 0.6) is 0 Å². The lowest BCUT2D eigenvalue weighted by Crippen LogP contribution is -2.29. The number of amides is 1. The zero-order valence-corrected chi connectivity index (χ0v) is 15.7. The molecule has 0 bridgehead atoms. The lowest BCUT2D eigenvalue weighted by Gasteiger charge is -2.23. The Balaban J connectivity index is 1.96. The lowest BCUT2D eigenvalue weighted by molar-refractivity contribution is -0.132. The van der Waals surface area contributed by atoms with E-state index in [-0.39, 0.29) is 16.3 Å². The summed E-state index contributed by atoms with van der Waals surface area (Å²) < 4.78 is 14.6. The highest BCUT2D eigenvalue weighted by molar-refractivity contribution is 7.14. The minimum atomic E-state index is -1.14. The smallest absolute Gasteiger partial charge is 0.301 e. The van der Waals surface area contributed by atoms with E-state index >= 15 is 0 Å². The maximum absolute atomic E-state index is 14.6. The number of aromatic nitrogens is 1. The first-order chi connectivity index (χ1) is 13.5. The van der Waals surface area contributed by atoms with Gasteiger partial charge in [0.25, 0.3) is 5.78 Å². The number of anilines is 1. The summed E-state index contributed by atoms with van der Waals surface area (Å²) >= 11 is 7.02. The van der Waals surface area contributed by atoms with Gasteiger partial charge in [0.1, 0.15) is 17.6 Å². The zero-order chi connectivity index (χ0) is 19.8. The first kappa shape index (κ1) is 18.3. The van der Waals surface area contributed by atoms with Gasteiger partial charge in [-0.3, -0.25) is 14.5 Å². The Kier molecular flexibility index (Phi) is 4.70. The molecule has 1 aliphatic rings. The highest BCUT2D eigenvalue weighted by atomic mass is 35.5. The summed E-state index contributed by atoms with van der Waals surface area (Å²) in [7, 11) is 0. The van der Waals surface area contributed by atoms with Crippen molar-refractivity contribution in [1.82, 2.24) is 4.98 Å². The van der Waals surface area contributed by atoms with Gasteiger partial charge in [-0.25, -0.2) is 9.37 Å². The fourth-order valence-corrected chi connectivity index (χ4v) is 3.91. The van der Waals surface area contributed by atoms with Crippen LogP contribution >= 0.6 is 22.9 Å². The maximum Gasteiger partial charge on any atom is 0.301 e. The number of hydrogen-bond acceptors (Lipinski definition) is 5. The Hall–Kier alpha value is -3.03. The topological polar surface area (TPSA) is 70.5 Å². The van der Waals surface area contributed by atoms with Crippen molar-refractivity contribution in [2.24, 2.45) is 0 Å². The second-order valence-electron chi connectivity index (χ2n) is 6.01. The molecule has 0 aliphatic carbocycles. The number of carbonyl (C=O) groups excluding carboxylic acids is 2. The number of ketones is 1. The second kappa shape index (κ2) is 7.18. The van der Waals surface area contributed by atoms with E-state index in [1.165, 1.54) is 36.5 Å². The molecule has 4 rings (SSSR count). The molecule has 0 spiro atoms. The Morgan fingerprint density at radius 2 is 1.86 bits per heavy atom. The predicted octanol–water partition coefficient (Wildman–Crippen LogP) is 4.56. The fourth-order valence-electron chi connectivity index (χ4n) is 3.12. The van der Waals surface area contributed by atoms with E-state index in [4.69, 9.17) is 11.6 Å². The molecule has 2 heterocycles. The molecule has 1 unspecified atom stereocenters. The third-order valence-electron chi connectivity index (χ3n) is 4.39. The Morgan fingerprint density at radius 1 is 1.14 bits per heavy atom. The van der Waals surface area contributed by atoms with E-state index in [0.717, 1.165) is 16.2 Å². The van der Waals surface area contributed by atoms with Gasteiger partial charge < -0.3 is 5.11 Å². The minimum Gasteiger partial charge on any atom is -0.507 e. The third-order valence-corrected chi connectivity index (χ3v) is 5.41. The molecule has 2 aromatic carbocycles. The molecule has 28 heavy (non-hydrogen) atoms. The van der Waals surface area contributed by atoms with Crippen LogP contribution in [0.25, 0.3) is 5.76 Å². The average molecular weight is 415 g/mol. The summed E-state index contributed by atoms with van der Waals surface area (Å²) in [6.07, 6.45) is 1.48. The predicted molar refractivity (Wildman–Crippen MR) is 105 cm³/mol. The van der Waals surface area contributed by atoms with E-state index in [1.807, 2.05) is 0 Å². The molecule has 8 heteroatoms. The molecule has 1 aromatic heterocycles. The van der Waals surface area contributed by atoms with Crippen LogP contribution in [-0.2, 0) is 9.59 Å². The lowest BCUT2D eigenvalue weighted by atomic mass is 9.95. The van der Waals surface area contributed by atoms with Crippen LogP contribution in [0.3, 0.4) is 0 Å². The highest BCUT2D eigenvalue weighted by Crippen LogP contribution is 2.43. The molecule has 1 amide bonds. The maximum atomic E-state index is 14.6. The number of hydrogen-bond donors (Lipinski definition) is 1. The molecule has 1 aliphatic heterocycles. The second-order valence-corrected chi connectivity index (χ2v) is 7.32. The highest BCUT2D eigenvalue weighted by Gasteiger charge is 2.48. The van der Waals surface area contributed by atoms with E-state index in [9.17, 15) is 19.1 Å². The molecule has 140 valence electrons. The van der Waals surface area contributed by atoms with Crippen molar-refractivity contribution in [1.29, 1.82) is 0 Å². The number of rotatable bonds is 3. The first-order valence-electron chi connectivity index (χ1n) is 8.20. The van der Waals surface area contributed by atoms with Gasteiger partial charge in [-0.15, -0.1) is 11.3 Å². The molecule has 1 atom stereocenters. The summed E-state index contributed by atoms with van der Waals surface area (Å²) in [5.74, 6) is -2.78. The zero-order valence-electron chi connectivity index (χ0n) is 14.2. The fraction of sp³-hybridized carbons (Fsp3) is 0.0500. The van der Waals surface area contributed by atoms with E-state index in [0.29, 0.717) is 10.6 Å². The van der Waals surface area contributed by atoms with Gasteiger partial charge in [0.05, 0.1) is 5.57 Å². The standard InChI is InChI=1S/C20H12ClFN2O3S/c21-12-7-5-11(6-8-12)17(25)15-16(13-3-1-2-4-14(13)22)24(19(27)18(15)26)20-23-9-10-28-20/h1-10,16,25H/b17-15-. The number of aliphatic hydroxyl groups is 1. The number of aliphatic hydroxyl groups excluding tert-OH is 1. The minimum absolute atomic E-state index is 0.0902. The van der Waals surface area contributed by atoms with Crippen LogP contribution in [-0.4, -0.2) is 21.8 Å². The van der Waals surface area contributed by atoms with Gasteiger partial charge in [-0.05, 0) is 30.3 Å². The summed E-state index contributed by atoms with van der Waals surface area (Å²) in [6, 6.07) is 10.8. The van der Waals surface area contributed by atoms with Crippen LogP contribution in [0.2, 0.25) is 5.02 Å². The quantitative estimate of drug-likeness (QED) is 0.387. The molecule has 1 fully saturated rings. The number of nitrogens with zero attached hydrogens (tertiary/aromatic N) is 2. The SMILES string of the molecule is O=C1C(=O)N(c2nccs2)C(c2ccccc2F)/C1=C(/O)c1ccc(Cl)cc1. The van der Waals surface area contributed by atoms with Gasteiger partial charge in [0, 0.05) is 27.7 Å². The summed E-state index contributed by atoms with van der Waals surface area (Å²) in [5.41, 5.74) is 0.183. The third kappa shape index (κ3) is 2.98. The molecule has 1 N–H and O–H groups in total. The first-order valence-corrected chi connectivity index (χ1v) is 9.45. The molecule has 0 saturated carbocycles. The van der Waals surface area contributed by atoms with Crippen LogP contribution in [0, 0.1) is 5.82 Å². The summed E-state index contributed by atoms with van der Waals surface area (Å²) in [6.45, 7) is 0. The van der Waals surface area contributed by atoms with Gasteiger partial charge >= 0.3 is 5.91 Å². The molecular weight excluding hydrogens is 403 g/mol. The summed E-state index contributed by atoms with van der Waals surface area (Å²) in [5, 5.41) is 13.2. The molecular formula is C20H12ClFN2O3S. The molecule has 5 nitrogen and oxygen atoms in total. The Morgan fingerprint density at radius 3 is 2.50 bits per heavy atom. The van der Waals surface area contributed by atoms with Crippen LogP contribution in [0.1, 0.15) is 17.2 Å². The van der Waals surface area contributed by atoms with Gasteiger partial charge in [0.2, 0.25) is 0 Å². The van der Waals surface area contributed by atoms with E-state index < -0.39 is 29.3 Å².